The number of amides is 1. The van der Waals surface area contributed by atoms with Gasteiger partial charge in [-0.2, -0.15) is 0 Å². The Morgan fingerprint density at radius 3 is 2.05 bits per heavy atom. The van der Waals surface area contributed by atoms with Crippen LogP contribution in [0.5, 0.6) is 0 Å². The third-order valence-electron chi connectivity index (χ3n) is 3.04. The van der Waals surface area contributed by atoms with Crippen molar-refractivity contribution in [1.29, 1.82) is 0 Å². The molecular formula is C13H28N2O3S. The summed E-state index contributed by atoms with van der Waals surface area (Å²) in [5, 5.41) is 2.65. The summed E-state index contributed by atoms with van der Waals surface area (Å²) in [7, 11) is -3.20. The number of carbonyl (C=O) groups excluding carboxylic acids is 1. The first-order valence-electron chi connectivity index (χ1n) is 6.46. The van der Waals surface area contributed by atoms with E-state index in [2.05, 4.69) is 26.1 Å². The van der Waals surface area contributed by atoms with Crippen molar-refractivity contribution in [2.75, 3.05) is 12.8 Å². The van der Waals surface area contributed by atoms with Gasteiger partial charge in [0.05, 0.1) is 4.75 Å². The Kier molecular flexibility index (Phi) is 6.02. The summed E-state index contributed by atoms with van der Waals surface area (Å²) in [5.74, 6) is -0.200. The summed E-state index contributed by atoms with van der Waals surface area (Å²) >= 11 is 0. The SMILES string of the molecule is CC(C)(C)CC(N)CC(=O)NCC(C)(C)S(C)(=O)=O. The van der Waals surface area contributed by atoms with Gasteiger partial charge in [-0.3, -0.25) is 4.79 Å². The summed E-state index contributed by atoms with van der Waals surface area (Å²) in [6, 6.07) is -0.207. The summed E-state index contributed by atoms with van der Waals surface area (Å²) in [6.07, 6.45) is 2.14. The van der Waals surface area contributed by atoms with Crippen molar-refractivity contribution >= 4 is 15.7 Å². The Balaban J connectivity index is 4.28. The lowest BCUT2D eigenvalue weighted by atomic mass is 9.87. The van der Waals surface area contributed by atoms with Crippen molar-refractivity contribution in [3.63, 3.8) is 0 Å². The molecule has 1 unspecified atom stereocenters. The van der Waals surface area contributed by atoms with Crippen LogP contribution in [0.1, 0.15) is 47.5 Å². The van der Waals surface area contributed by atoms with Gasteiger partial charge in [0.1, 0.15) is 0 Å². The second-order valence-electron chi connectivity index (χ2n) is 7.04. The topological polar surface area (TPSA) is 89.3 Å². The molecule has 0 fully saturated rings. The van der Waals surface area contributed by atoms with Crippen molar-refractivity contribution in [3.8, 4) is 0 Å². The zero-order valence-corrected chi connectivity index (χ0v) is 13.7. The monoisotopic (exact) mass is 292 g/mol. The molecule has 114 valence electrons. The molecule has 0 aliphatic rings. The summed E-state index contributed by atoms with van der Waals surface area (Å²) in [6.45, 7) is 9.49. The van der Waals surface area contributed by atoms with Crippen LogP contribution >= 0.6 is 0 Å². The van der Waals surface area contributed by atoms with E-state index in [1.165, 1.54) is 6.26 Å². The van der Waals surface area contributed by atoms with Crippen LogP contribution in [0.25, 0.3) is 0 Å². The zero-order valence-electron chi connectivity index (χ0n) is 12.9. The highest BCUT2D eigenvalue weighted by Crippen LogP contribution is 2.21. The van der Waals surface area contributed by atoms with Gasteiger partial charge in [0.2, 0.25) is 5.91 Å². The van der Waals surface area contributed by atoms with E-state index < -0.39 is 14.6 Å². The minimum Gasteiger partial charge on any atom is -0.354 e. The summed E-state index contributed by atoms with van der Waals surface area (Å²) < 4.78 is 22.0. The highest BCUT2D eigenvalue weighted by atomic mass is 32.2. The van der Waals surface area contributed by atoms with Gasteiger partial charge >= 0.3 is 0 Å². The second kappa shape index (κ2) is 6.22. The van der Waals surface area contributed by atoms with Gasteiger partial charge < -0.3 is 11.1 Å². The predicted octanol–water partition coefficient (Wildman–Crippen LogP) is 1.08. The Morgan fingerprint density at radius 2 is 1.68 bits per heavy atom. The fraction of sp³-hybridized carbons (Fsp3) is 0.923. The van der Waals surface area contributed by atoms with Gasteiger partial charge in [0, 0.05) is 25.3 Å². The molecular weight excluding hydrogens is 264 g/mol. The summed E-state index contributed by atoms with van der Waals surface area (Å²) in [5.41, 5.74) is 5.98. The number of rotatable bonds is 6. The maximum absolute atomic E-state index is 11.7. The van der Waals surface area contributed by atoms with Gasteiger partial charge in [-0.15, -0.1) is 0 Å². The van der Waals surface area contributed by atoms with Crippen LogP contribution in [0.2, 0.25) is 0 Å². The minimum atomic E-state index is -3.20. The smallest absolute Gasteiger partial charge is 0.221 e. The molecule has 0 saturated carbocycles. The molecule has 0 saturated heterocycles. The quantitative estimate of drug-likeness (QED) is 0.766. The van der Waals surface area contributed by atoms with Gasteiger partial charge in [0.15, 0.2) is 9.84 Å². The molecule has 0 spiro atoms. The number of hydrogen-bond donors (Lipinski definition) is 2. The third-order valence-corrected chi connectivity index (χ3v) is 5.19. The fourth-order valence-electron chi connectivity index (χ4n) is 1.61. The van der Waals surface area contributed by atoms with Crippen molar-refractivity contribution in [1.82, 2.24) is 5.32 Å². The maximum Gasteiger partial charge on any atom is 0.221 e. The van der Waals surface area contributed by atoms with E-state index >= 15 is 0 Å². The van der Waals surface area contributed by atoms with Crippen LogP contribution in [-0.4, -0.2) is 37.9 Å². The number of nitrogens with one attached hydrogen (secondary N) is 1. The molecule has 3 N–H and O–H groups in total. The van der Waals surface area contributed by atoms with Crippen LogP contribution < -0.4 is 11.1 Å². The Labute approximate surface area is 117 Å². The number of sulfone groups is 1. The van der Waals surface area contributed by atoms with E-state index in [1.807, 2.05) is 0 Å². The van der Waals surface area contributed by atoms with Gasteiger partial charge in [-0.1, -0.05) is 20.8 Å². The lowest BCUT2D eigenvalue weighted by molar-refractivity contribution is -0.121. The van der Waals surface area contributed by atoms with Crippen molar-refractivity contribution in [2.24, 2.45) is 11.1 Å². The fourth-order valence-corrected chi connectivity index (χ4v) is 1.95. The average molecular weight is 292 g/mol. The van der Waals surface area contributed by atoms with Crippen molar-refractivity contribution in [2.45, 2.75) is 58.2 Å². The van der Waals surface area contributed by atoms with Crippen LogP contribution in [0.4, 0.5) is 0 Å². The van der Waals surface area contributed by atoms with E-state index in [0.29, 0.717) is 0 Å². The van der Waals surface area contributed by atoms with Gasteiger partial charge in [0.25, 0.3) is 0 Å². The average Bonchev–Trinajstić information content (AvgIpc) is 2.09. The molecule has 0 aromatic rings. The van der Waals surface area contributed by atoms with Crippen LogP contribution in [0.15, 0.2) is 0 Å². The van der Waals surface area contributed by atoms with Crippen molar-refractivity contribution in [3.05, 3.63) is 0 Å². The molecule has 0 aliphatic carbocycles. The first-order valence-corrected chi connectivity index (χ1v) is 8.36. The normalized spacial score (nSPS) is 15.1. The molecule has 1 amide bonds. The molecule has 0 aromatic heterocycles. The maximum atomic E-state index is 11.7. The number of nitrogens with two attached hydrogens (primary N) is 1. The van der Waals surface area contributed by atoms with Crippen LogP contribution in [0, 0.1) is 5.41 Å². The molecule has 0 rings (SSSR count). The Hall–Kier alpha value is -0.620. The number of carbonyl (C=O) groups is 1. The van der Waals surface area contributed by atoms with E-state index in [9.17, 15) is 13.2 Å². The molecule has 0 aliphatic heterocycles. The summed E-state index contributed by atoms with van der Waals surface area (Å²) in [4.78, 5) is 11.7. The molecule has 6 heteroatoms. The van der Waals surface area contributed by atoms with Crippen molar-refractivity contribution < 1.29 is 13.2 Å². The largest absolute Gasteiger partial charge is 0.354 e. The second-order valence-corrected chi connectivity index (χ2v) is 9.69. The van der Waals surface area contributed by atoms with Gasteiger partial charge in [-0.05, 0) is 25.7 Å². The van der Waals surface area contributed by atoms with Crippen LogP contribution in [0.3, 0.4) is 0 Å². The van der Waals surface area contributed by atoms with E-state index in [1.54, 1.807) is 13.8 Å². The van der Waals surface area contributed by atoms with E-state index in [4.69, 9.17) is 5.73 Å². The highest BCUT2D eigenvalue weighted by molar-refractivity contribution is 7.92. The third kappa shape index (κ3) is 7.52. The molecule has 0 aromatic carbocycles. The molecule has 19 heavy (non-hydrogen) atoms. The standard InChI is InChI=1S/C13H28N2O3S/c1-12(2,3)8-10(14)7-11(16)15-9-13(4,5)19(6,17)18/h10H,7-9,14H2,1-6H3,(H,15,16). The Morgan fingerprint density at radius 1 is 1.21 bits per heavy atom. The van der Waals surface area contributed by atoms with Gasteiger partial charge in [-0.25, -0.2) is 8.42 Å². The van der Waals surface area contributed by atoms with E-state index in [0.717, 1.165) is 6.42 Å². The Bertz CT molecular complexity index is 408. The first-order chi connectivity index (χ1) is 8.24. The molecule has 1 atom stereocenters. The molecule has 0 heterocycles. The van der Waals surface area contributed by atoms with E-state index in [-0.39, 0.29) is 30.3 Å². The molecule has 5 nitrogen and oxygen atoms in total. The molecule has 0 bridgehead atoms. The lowest BCUT2D eigenvalue weighted by Crippen LogP contribution is -2.45. The lowest BCUT2D eigenvalue weighted by Gasteiger charge is -2.25. The number of hydrogen-bond acceptors (Lipinski definition) is 4. The predicted molar refractivity (Wildman–Crippen MR) is 78.6 cm³/mol. The zero-order chi connectivity index (χ0) is 15.5. The molecule has 0 radical (unpaired) electrons. The minimum absolute atomic E-state index is 0.0751. The first kappa shape index (κ1) is 18.4. The highest BCUT2D eigenvalue weighted by Gasteiger charge is 2.30. The van der Waals surface area contributed by atoms with Crippen LogP contribution in [-0.2, 0) is 14.6 Å².